The van der Waals surface area contributed by atoms with E-state index in [-0.39, 0.29) is 36.2 Å². The third-order valence-electron chi connectivity index (χ3n) is 15.7. The van der Waals surface area contributed by atoms with Crippen LogP contribution in [0.25, 0.3) is 11.1 Å². The number of carbonyl (C=O) groups is 5. The molecule has 0 bridgehead atoms. The Morgan fingerprint density at radius 3 is 2.28 bits per heavy atom. The highest BCUT2D eigenvalue weighted by Gasteiger charge is 2.47. The fourth-order valence-corrected chi connectivity index (χ4v) is 11.7. The van der Waals surface area contributed by atoms with Gasteiger partial charge in [-0.25, -0.2) is 8.78 Å². The molecule has 3 aromatic rings. The number of nitrogens with zero attached hydrogens (tertiary/aromatic N) is 8. The summed E-state index contributed by atoms with van der Waals surface area (Å²) < 4.78 is 30.9. The molecule has 1 aromatic heterocycles. The smallest absolute Gasteiger partial charge is 0.264 e. The third kappa shape index (κ3) is 8.80. The Morgan fingerprint density at radius 2 is 1.60 bits per heavy atom. The van der Waals surface area contributed by atoms with Gasteiger partial charge in [0.1, 0.15) is 11.9 Å². The molecule has 8 heterocycles. The van der Waals surface area contributed by atoms with E-state index in [1.54, 1.807) is 54.1 Å². The van der Waals surface area contributed by atoms with Crippen LogP contribution in [0.2, 0.25) is 0 Å². The predicted molar refractivity (Wildman–Crippen MR) is 251 cm³/mol. The van der Waals surface area contributed by atoms with Gasteiger partial charge in [-0.3, -0.25) is 44.3 Å². The Bertz CT molecular complexity index is 2560. The van der Waals surface area contributed by atoms with Gasteiger partial charge in [0.25, 0.3) is 18.2 Å². The Hall–Kier alpha value is -6.01. The highest BCUT2D eigenvalue weighted by Crippen LogP contribution is 2.42. The van der Waals surface area contributed by atoms with Gasteiger partial charge in [0.05, 0.1) is 29.6 Å². The van der Waals surface area contributed by atoms with Gasteiger partial charge in [-0.2, -0.15) is 5.10 Å². The molecule has 360 valence electrons. The Labute approximate surface area is 395 Å². The second kappa shape index (κ2) is 18.8. The fraction of sp³-hybridized carbons (Fsp3) is 0.540. The second-order valence-corrected chi connectivity index (χ2v) is 19.8. The molecular formula is C50H61F2N11O5. The SMILES string of the molecule is CC(=O)N1CCC(NC2CCN(CCN3CCC(C4CN(c5cccc6c5C(=O)N(C5CCC(=O)NC5=O)C6=O)C4)CC3)CC2)=C(C(=N)N2CCCc3cc(-c4cnn(C)c4)c(C(F)F)cc32)C1. The molecule has 3 N–H and O–H groups in total. The maximum Gasteiger partial charge on any atom is 0.264 e. The molecule has 5 amide bonds. The van der Waals surface area contributed by atoms with Crippen molar-refractivity contribution in [3.8, 4) is 11.1 Å². The van der Waals surface area contributed by atoms with Gasteiger partial charge >= 0.3 is 0 Å². The second-order valence-electron chi connectivity index (χ2n) is 19.8. The average molecular weight is 934 g/mol. The quantitative estimate of drug-likeness (QED) is 0.140. The predicted octanol–water partition coefficient (Wildman–Crippen LogP) is 4.56. The number of amidine groups is 1. The van der Waals surface area contributed by atoms with Crippen molar-refractivity contribution in [2.45, 2.75) is 83.2 Å². The zero-order valence-corrected chi connectivity index (χ0v) is 38.9. The normalized spacial score (nSPS) is 22.5. The number of nitrogens with one attached hydrogen (secondary N) is 3. The van der Waals surface area contributed by atoms with Crippen LogP contribution in [-0.4, -0.2) is 149 Å². The standard InChI is InChI=1S/C50H61F2N11O5/c1-30(64)60-20-14-40(39(29-60)47(53)62-15-4-5-32-23-37(33-25-54-57(2)26-33)38(46(51)52)24-43(32)62)55-35-12-18-59(19-13-35)22-21-58-16-10-31(11-17-58)34-27-61(28-34)41-7-3-6-36-45(41)50(68)63(49(36)67)42-8-9-44(65)56-48(42)66/h3,6-7,23-26,31,34-35,42,46,53,55H,4-5,8-22,27-29H2,1-2H3,(H,56,65,66). The van der Waals surface area contributed by atoms with E-state index in [1.165, 1.54) is 0 Å². The number of likely N-dealkylation sites (tertiary alicyclic amines) is 2. The highest BCUT2D eigenvalue weighted by molar-refractivity contribution is 6.25. The summed E-state index contributed by atoms with van der Waals surface area (Å²) in [6, 6.07) is 7.99. The summed E-state index contributed by atoms with van der Waals surface area (Å²) in [4.78, 5) is 76.0. The number of hydrogen-bond donors (Lipinski definition) is 3. The molecule has 0 radical (unpaired) electrons. The average Bonchev–Trinajstić information content (AvgIpc) is 3.87. The van der Waals surface area contributed by atoms with E-state index in [9.17, 15) is 38.2 Å². The lowest BCUT2D eigenvalue weighted by Gasteiger charge is -2.47. The lowest BCUT2D eigenvalue weighted by atomic mass is 9.79. The van der Waals surface area contributed by atoms with Crippen molar-refractivity contribution in [1.29, 1.82) is 5.41 Å². The van der Waals surface area contributed by atoms with Crippen molar-refractivity contribution in [1.82, 2.24) is 40.0 Å². The number of alkyl halides is 2. The number of amides is 5. The lowest BCUT2D eigenvalue weighted by molar-refractivity contribution is -0.136. The number of carbonyl (C=O) groups excluding carboxylic acids is 5. The molecule has 0 saturated carbocycles. The summed E-state index contributed by atoms with van der Waals surface area (Å²) >= 11 is 0. The summed E-state index contributed by atoms with van der Waals surface area (Å²) in [5, 5.41) is 19.9. The molecule has 2 aromatic carbocycles. The minimum Gasteiger partial charge on any atom is -0.385 e. The molecule has 7 aliphatic rings. The van der Waals surface area contributed by atoms with Gasteiger partial charge in [0.2, 0.25) is 17.7 Å². The molecule has 4 saturated heterocycles. The van der Waals surface area contributed by atoms with E-state index >= 15 is 0 Å². The van der Waals surface area contributed by atoms with E-state index in [1.807, 2.05) is 17.0 Å². The van der Waals surface area contributed by atoms with Crippen molar-refractivity contribution >= 4 is 46.7 Å². The van der Waals surface area contributed by atoms with E-state index in [2.05, 4.69) is 30.4 Å². The van der Waals surface area contributed by atoms with Crippen molar-refractivity contribution in [2.75, 3.05) is 81.8 Å². The number of benzene rings is 2. The first kappa shape index (κ1) is 45.8. The van der Waals surface area contributed by atoms with Gasteiger partial charge in [-0.05, 0) is 105 Å². The van der Waals surface area contributed by atoms with Crippen LogP contribution >= 0.6 is 0 Å². The molecular weight excluding hydrogens is 873 g/mol. The minimum absolute atomic E-state index is 0.0475. The summed E-state index contributed by atoms with van der Waals surface area (Å²) in [6.45, 7) is 10.6. The first-order chi connectivity index (χ1) is 32.8. The monoisotopic (exact) mass is 933 g/mol. The molecule has 68 heavy (non-hydrogen) atoms. The van der Waals surface area contributed by atoms with Gasteiger partial charge in [0, 0.05) is 119 Å². The Balaban J connectivity index is 0.708. The molecule has 0 aliphatic carbocycles. The van der Waals surface area contributed by atoms with Crippen LogP contribution in [0.5, 0.6) is 0 Å². The highest BCUT2D eigenvalue weighted by atomic mass is 19.3. The lowest BCUT2D eigenvalue weighted by Crippen LogP contribution is -2.54. The number of rotatable bonds is 11. The number of piperidine rings is 3. The maximum atomic E-state index is 14.6. The van der Waals surface area contributed by atoms with Crippen LogP contribution in [0.3, 0.4) is 0 Å². The van der Waals surface area contributed by atoms with Gasteiger partial charge < -0.3 is 29.8 Å². The molecule has 1 atom stereocenters. The Kier molecular flexibility index (Phi) is 12.7. The zero-order chi connectivity index (χ0) is 47.4. The third-order valence-corrected chi connectivity index (χ3v) is 15.7. The summed E-state index contributed by atoms with van der Waals surface area (Å²) in [5.74, 6) is -0.628. The van der Waals surface area contributed by atoms with Crippen LogP contribution in [0, 0.1) is 17.2 Å². The number of halogens is 2. The van der Waals surface area contributed by atoms with E-state index in [4.69, 9.17) is 0 Å². The Morgan fingerprint density at radius 1 is 0.868 bits per heavy atom. The van der Waals surface area contributed by atoms with Crippen LogP contribution in [-0.2, 0) is 27.9 Å². The van der Waals surface area contributed by atoms with Gasteiger partial charge in [-0.1, -0.05) is 6.07 Å². The number of anilines is 2. The summed E-state index contributed by atoms with van der Waals surface area (Å²) in [7, 11) is 1.77. The maximum absolute atomic E-state index is 14.6. The largest absolute Gasteiger partial charge is 0.385 e. The van der Waals surface area contributed by atoms with Crippen LogP contribution in [0.1, 0.15) is 96.6 Å². The number of imide groups is 2. The number of hydrogen-bond acceptors (Lipinski definition) is 11. The zero-order valence-electron chi connectivity index (χ0n) is 38.9. The van der Waals surface area contributed by atoms with Crippen LogP contribution < -0.4 is 20.4 Å². The van der Waals surface area contributed by atoms with Gasteiger partial charge in [-0.15, -0.1) is 0 Å². The van der Waals surface area contributed by atoms with E-state index in [0.717, 1.165) is 118 Å². The van der Waals surface area contributed by atoms with E-state index < -0.39 is 36.1 Å². The molecule has 4 fully saturated rings. The van der Waals surface area contributed by atoms with Crippen LogP contribution in [0.4, 0.5) is 20.2 Å². The van der Waals surface area contributed by atoms with Crippen molar-refractivity contribution < 1.29 is 32.8 Å². The molecule has 18 heteroatoms. The van der Waals surface area contributed by atoms with Crippen molar-refractivity contribution in [3.63, 3.8) is 0 Å². The minimum atomic E-state index is -2.70. The van der Waals surface area contributed by atoms with Crippen LogP contribution in [0.15, 0.2) is 54.0 Å². The first-order valence-electron chi connectivity index (χ1n) is 24.4. The summed E-state index contributed by atoms with van der Waals surface area (Å²) in [5.41, 5.74) is 5.74. The molecule has 16 nitrogen and oxygen atoms in total. The fourth-order valence-electron chi connectivity index (χ4n) is 11.7. The molecule has 1 unspecified atom stereocenters. The molecule has 10 rings (SSSR count). The van der Waals surface area contributed by atoms with E-state index in [0.29, 0.717) is 65.8 Å². The van der Waals surface area contributed by atoms with Crippen molar-refractivity contribution in [3.05, 3.63) is 76.2 Å². The number of fused-ring (bicyclic) bond motifs is 2. The number of aromatic nitrogens is 2. The van der Waals surface area contributed by atoms with Gasteiger partial charge in [0.15, 0.2) is 0 Å². The molecule has 7 aliphatic heterocycles. The topological polar surface area (TPSA) is 171 Å². The van der Waals surface area contributed by atoms with Crippen molar-refractivity contribution in [2.24, 2.45) is 18.9 Å². The number of aryl methyl sites for hydroxylation is 2. The first-order valence-corrected chi connectivity index (χ1v) is 24.4. The summed E-state index contributed by atoms with van der Waals surface area (Å²) in [6.07, 6.45) is 7.14. The molecule has 0 spiro atoms.